The van der Waals surface area contributed by atoms with Gasteiger partial charge < -0.3 is 10.2 Å². The zero-order chi connectivity index (χ0) is 14.4. The number of halogens is 1. The molecule has 0 fully saturated rings. The summed E-state index contributed by atoms with van der Waals surface area (Å²) < 4.78 is 2.48. The van der Waals surface area contributed by atoms with Gasteiger partial charge in [-0.3, -0.25) is 9.48 Å². The molecule has 0 radical (unpaired) electrons. The lowest BCUT2D eigenvalue weighted by Gasteiger charge is -2.23. The van der Waals surface area contributed by atoms with Gasteiger partial charge in [0.2, 0.25) is 0 Å². The fourth-order valence-electron chi connectivity index (χ4n) is 1.92. The summed E-state index contributed by atoms with van der Waals surface area (Å²) in [7, 11) is 0. The lowest BCUT2D eigenvalue weighted by molar-refractivity contribution is 0.0923. The van der Waals surface area contributed by atoms with Gasteiger partial charge in [0, 0.05) is 25.3 Å². The Balaban J connectivity index is 2.60. The molecular weight excluding hydrogens is 308 g/mol. The average molecular weight is 331 g/mol. The maximum atomic E-state index is 12.1. The van der Waals surface area contributed by atoms with Crippen LogP contribution in [-0.4, -0.2) is 46.3 Å². The zero-order valence-corrected chi connectivity index (χ0v) is 13.7. The fraction of sp³-hybridized carbons (Fsp3) is 0.692. The molecule has 0 spiro atoms. The van der Waals surface area contributed by atoms with Crippen LogP contribution in [0.5, 0.6) is 0 Å². The molecule has 0 aliphatic rings. The monoisotopic (exact) mass is 330 g/mol. The van der Waals surface area contributed by atoms with E-state index in [0.717, 1.165) is 30.7 Å². The van der Waals surface area contributed by atoms with Crippen LogP contribution in [0.2, 0.25) is 0 Å². The number of nitrogens with one attached hydrogen (secondary N) is 1. The lowest BCUT2D eigenvalue weighted by Crippen LogP contribution is -2.42. The highest BCUT2D eigenvalue weighted by molar-refractivity contribution is 9.10. The molecule has 1 atom stereocenters. The van der Waals surface area contributed by atoms with E-state index in [1.807, 2.05) is 20.0 Å². The molecule has 1 amide bonds. The van der Waals surface area contributed by atoms with Crippen molar-refractivity contribution in [1.82, 2.24) is 20.0 Å². The van der Waals surface area contributed by atoms with Gasteiger partial charge in [0.15, 0.2) is 5.69 Å². The summed E-state index contributed by atoms with van der Waals surface area (Å²) in [5.74, 6) is -0.126. The van der Waals surface area contributed by atoms with Crippen molar-refractivity contribution in [2.75, 3.05) is 19.6 Å². The summed E-state index contributed by atoms with van der Waals surface area (Å²) in [5, 5.41) is 7.23. The Kier molecular flexibility index (Phi) is 6.51. The Hall–Kier alpha value is -0.880. The minimum absolute atomic E-state index is 0.103. The Labute approximate surface area is 123 Å². The van der Waals surface area contributed by atoms with E-state index < -0.39 is 0 Å². The molecule has 5 nitrogen and oxygen atoms in total. The molecule has 1 aromatic heterocycles. The molecule has 1 unspecified atom stereocenters. The summed E-state index contributed by atoms with van der Waals surface area (Å²) >= 11 is 3.37. The predicted molar refractivity (Wildman–Crippen MR) is 80.3 cm³/mol. The quantitative estimate of drug-likeness (QED) is 0.833. The van der Waals surface area contributed by atoms with E-state index in [1.54, 1.807) is 4.68 Å². The Morgan fingerprint density at radius 2 is 2.11 bits per heavy atom. The number of aryl methyl sites for hydroxylation is 1. The first-order valence-corrected chi connectivity index (χ1v) is 7.57. The molecule has 19 heavy (non-hydrogen) atoms. The van der Waals surface area contributed by atoms with Crippen LogP contribution >= 0.6 is 15.9 Å². The summed E-state index contributed by atoms with van der Waals surface area (Å²) in [5.41, 5.74) is 0.452. The van der Waals surface area contributed by atoms with Gasteiger partial charge in [-0.1, -0.05) is 13.8 Å². The predicted octanol–water partition coefficient (Wildman–Crippen LogP) is 2.13. The molecular formula is C13H23BrN4O. The van der Waals surface area contributed by atoms with Gasteiger partial charge >= 0.3 is 0 Å². The van der Waals surface area contributed by atoms with Gasteiger partial charge in [-0.15, -0.1) is 0 Å². The Bertz CT molecular complexity index is 415. The minimum Gasteiger partial charge on any atom is -0.347 e. The minimum atomic E-state index is -0.126. The van der Waals surface area contributed by atoms with Gasteiger partial charge in [0.1, 0.15) is 0 Å². The van der Waals surface area contributed by atoms with Crippen molar-refractivity contribution in [3.63, 3.8) is 0 Å². The number of carbonyl (C=O) groups is 1. The average Bonchev–Trinajstić information content (AvgIpc) is 2.77. The summed E-state index contributed by atoms with van der Waals surface area (Å²) in [6.07, 6.45) is 1.82. The largest absolute Gasteiger partial charge is 0.347 e. The summed E-state index contributed by atoms with van der Waals surface area (Å²) in [4.78, 5) is 14.4. The molecule has 1 N–H and O–H groups in total. The van der Waals surface area contributed by atoms with Crippen LogP contribution in [0.3, 0.4) is 0 Å². The van der Waals surface area contributed by atoms with Gasteiger partial charge in [-0.25, -0.2) is 0 Å². The standard InChI is InChI=1S/C13H23BrN4O/c1-5-17(6-2)8-10(4)15-13(19)12-11(14)9-18(7-3)16-12/h9-10H,5-8H2,1-4H3,(H,15,19). The van der Waals surface area contributed by atoms with Crippen molar-refractivity contribution < 1.29 is 4.79 Å². The van der Waals surface area contributed by atoms with E-state index >= 15 is 0 Å². The topological polar surface area (TPSA) is 50.2 Å². The normalized spacial score (nSPS) is 12.7. The molecule has 0 saturated heterocycles. The second-order valence-corrected chi connectivity index (χ2v) is 5.40. The van der Waals surface area contributed by atoms with Crippen LogP contribution in [0.15, 0.2) is 10.7 Å². The van der Waals surface area contributed by atoms with Crippen molar-refractivity contribution in [2.45, 2.75) is 40.3 Å². The van der Waals surface area contributed by atoms with E-state index in [2.05, 4.69) is 45.1 Å². The van der Waals surface area contributed by atoms with Crippen LogP contribution in [0.4, 0.5) is 0 Å². The van der Waals surface area contributed by atoms with Crippen molar-refractivity contribution in [1.29, 1.82) is 0 Å². The number of rotatable bonds is 7. The molecule has 1 rings (SSSR count). The highest BCUT2D eigenvalue weighted by Gasteiger charge is 2.17. The van der Waals surface area contributed by atoms with Gasteiger partial charge in [0.25, 0.3) is 5.91 Å². The van der Waals surface area contributed by atoms with Crippen LogP contribution in [-0.2, 0) is 6.54 Å². The summed E-state index contributed by atoms with van der Waals surface area (Å²) in [6.45, 7) is 11.8. The van der Waals surface area contributed by atoms with E-state index in [4.69, 9.17) is 0 Å². The third kappa shape index (κ3) is 4.62. The highest BCUT2D eigenvalue weighted by atomic mass is 79.9. The molecule has 0 saturated carbocycles. The van der Waals surface area contributed by atoms with Crippen molar-refractivity contribution in [2.24, 2.45) is 0 Å². The van der Waals surface area contributed by atoms with Gasteiger partial charge in [0.05, 0.1) is 4.47 Å². The van der Waals surface area contributed by atoms with Crippen LogP contribution in [0, 0.1) is 0 Å². The molecule has 0 aromatic carbocycles. The van der Waals surface area contributed by atoms with Crippen LogP contribution < -0.4 is 5.32 Å². The fourth-order valence-corrected chi connectivity index (χ4v) is 2.42. The first-order chi connectivity index (χ1) is 9.01. The zero-order valence-electron chi connectivity index (χ0n) is 12.1. The van der Waals surface area contributed by atoms with Crippen molar-refractivity contribution >= 4 is 21.8 Å². The molecule has 0 aliphatic carbocycles. The maximum absolute atomic E-state index is 12.1. The molecule has 0 aliphatic heterocycles. The smallest absolute Gasteiger partial charge is 0.273 e. The molecule has 1 aromatic rings. The van der Waals surface area contributed by atoms with Gasteiger partial charge in [-0.05, 0) is 42.9 Å². The van der Waals surface area contributed by atoms with Crippen molar-refractivity contribution in [3.8, 4) is 0 Å². The second kappa shape index (κ2) is 7.65. The van der Waals surface area contributed by atoms with Crippen LogP contribution in [0.25, 0.3) is 0 Å². The number of aromatic nitrogens is 2. The first kappa shape index (κ1) is 16.2. The van der Waals surface area contributed by atoms with E-state index in [-0.39, 0.29) is 11.9 Å². The van der Waals surface area contributed by atoms with E-state index in [9.17, 15) is 4.79 Å². The van der Waals surface area contributed by atoms with E-state index in [0.29, 0.717) is 5.69 Å². The molecule has 6 heteroatoms. The molecule has 108 valence electrons. The third-order valence-corrected chi connectivity index (χ3v) is 3.64. The third-order valence-electron chi connectivity index (χ3n) is 3.06. The van der Waals surface area contributed by atoms with Gasteiger partial charge in [-0.2, -0.15) is 5.10 Å². The number of hydrogen-bond acceptors (Lipinski definition) is 3. The number of hydrogen-bond donors (Lipinski definition) is 1. The molecule has 0 bridgehead atoms. The number of nitrogens with zero attached hydrogens (tertiary/aromatic N) is 3. The number of likely N-dealkylation sites (N-methyl/N-ethyl adjacent to an activating group) is 1. The second-order valence-electron chi connectivity index (χ2n) is 4.54. The lowest BCUT2D eigenvalue weighted by atomic mass is 10.3. The SMILES string of the molecule is CCN(CC)CC(C)NC(=O)c1nn(CC)cc1Br. The highest BCUT2D eigenvalue weighted by Crippen LogP contribution is 2.14. The number of amides is 1. The maximum Gasteiger partial charge on any atom is 0.273 e. The van der Waals surface area contributed by atoms with Crippen LogP contribution in [0.1, 0.15) is 38.2 Å². The Morgan fingerprint density at radius 1 is 1.47 bits per heavy atom. The molecule has 1 heterocycles. The van der Waals surface area contributed by atoms with E-state index in [1.165, 1.54) is 0 Å². The summed E-state index contributed by atoms with van der Waals surface area (Å²) in [6, 6.07) is 0.103. The first-order valence-electron chi connectivity index (χ1n) is 6.77. The Morgan fingerprint density at radius 3 is 2.58 bits per heavy atom. The number of carbonyl (C=O) groups excluding carboxylic acids is 1. The van der Waals surface area contributed by atoms with Crippen molar-refractivity contribution in [3.05, 3.63) is 16.4 Å².